The first-order valence-electron chi connectivity index (χ1n) is 7.70. The lowest BCUT2D eigenvalue weighted by atomic mass is 10.2. The molecule has 2 N–H and O–H groups in total. The Kier molecular flexibility index (Phi) is 4.02. The van der Waals surface area contributed by atoms with Crippen molar-refractivity contribution in [1.29, 1.82) is 0 Å². The average molecular weight is 349 g/mol. The molecule has 0 saturated carbocycles. The SMILES string of the molecule is Cc1cccc(-n2nnnc2SCc2nc(N)c3ccccc3n2)c1. The minimum absolute atomic E-state index is 0.486. The summed E-state index contributed by atoms with van der Waals surface area (Å²) in [7, 11) is 0. The molecule has 0 amide bonds. The number of thioether (sulfide) groups is 1. The van der Waals surface area contributed by atoms with E-state index in [0.29, 0.717) is 22.6 Å². The molecule has 25 heavy (non-hydrogen) atoms. The van der Waals surface area contributed by atoms with Gasteiger partial charge in [-0.05, 0) is 47.2 Å². The highest BCUT2D eigenvalue weighted by Gasteiger charge is 2.11. The van der Waals surface area contributed by atoms with Gasteiger partial charge in [-0.2, -0.15) is 4.68 Å². The van der Waals surface area contributed by atoms with Crippen molar-refractivity contribution >= 4 is 28.5 Å². The number of aromatic nitrogens is 6. The van der Waals surface area contributed by atoms with Gasteiger partial charge in [0.25, 0.3) is 0 Å². The van der Waals surface area contributed by atoms with E-state index in [1.807, 2.05) is 55.5 Å². The second-order valence-electron chi connectivity index (χ2n) is 5.54. The number of anilines is 1. The molecule has 0 bridgehead atoms. The Hall–Kier alpha value is -3.00. The van der Waals surface area contributed by atoms with Crippen LogP contribution in [0.1, 0.15) is 11.4 Å². The van der Waals surface area contributed by atoms with Gasteiger partial charge >= 0.3 is 0 Å². The molecule has 0 spiro atoms. The zero-order valence-corrected chi connectivity index (χ0v) is 14.3. The quantitative estimate of drug-likeness (QED) is 0.566. The van der Waals surface area contributed by atoms with Gasteiger partial charge in [-0.3, -0.25) is 0 Å². The highest BCUT2D eigenvalue weighted by atomic mass is 32.2. The van der Waals surface area contributed by atoms with E-state index in [4.69, 9.17) is 5.73 Å². The fourth-order valence-electron chi connectivity index (χ4n) is 2.54. The van der Waals surface area contributed by atoms with Gasteiger partial charge in [0.2, 0.25) is 5.16 Å². The van der Waals surface area contributed by atoms with Crippen molar-refractivity contribution in [3.8, 4) is 5.69 Å². The Labute approximate surface area is 148 Å². The van der Waals surface area contributed by atoms with Gasteiger partial charge in [0.1, 0.15) is 11.6 Å². The third-order valence-corrected chi connectivity index (χ3v) is 4.61. The number of nitrogen functional groups attached to an aromatic ring is 1. The van der Waals surface area contributed by atoms with E-state index in [2.05, 4.69) is 25.5 Å². The predicted octanol–water partition coefficient (Wildman–Crippen LogP) is 2.79. The lowest BCUT2D eigenvalue weighted by molar-refractivity contribution is 0.755. The van der Waals surface area contributed by atoms with Gasteiger partial charge in [0.15, 0.2) is 0 Å². The lowest BCUT2D eigenvalue weighted by Crippen LogP contribution is -2.02. The fourth-order valence-corrected chi connectivity index (χ4v) is 3.28. The molecule has 2 heterocycles. The van der Waals surface area contributed by atoms with E-state index in [9.17, 15) is 0 Å². The Morgan fingerprint density at radius 3 is 2.84 bits per heavy atom. The van der Waals surface area contributed by atoms with Crippen molar-refractivity contribution in [2.45, 2.75) is 17.8 Å². The maximum Gasteiger partial charge on any atom is 0.214 e. The Morgan fingerprint density at radius 1 is 1.08 bits per heavy atom. The van der Waals surface area contributed by atoms with Crippen LogP contribution >= 0.6 is 11.8 Å². The second-order valence-corrected chi connectivity index (χ2v) is 6.49. The van der Waals surface area contributed by atoms with Gasteiger partial charge in [0, 0.05) is 5.39 Å². The van der Waals surface area contributed by atoms with E-state index in [1.54, 1.807) is 4.68 Å². The van der Waals surface area contributed by atoms with Crippen LogP contribution in [0.3, 0.4) is 0 Å². The van der Waals surface area contributed by atoms with Crippen molar-refractivity contribution in [3.05, 3.63) is 59.9 Å². The van der Waals surface area contributed by atoms with Gasteiger partial charge in [-0.1, -0.05) is 36.0 Å². The van der Waals surface area contributed by atoms with Crippen LogP contribution in [-0.4, -0.2) is 30.2 Å². The summed E-state index contributed by atoms with van der Waals surface area (Å²) in [5.74, 6) is 1.67. The molecule has 2 aromatic heterocycles. The molecule has 2 aromatic carbocycles. The number of nitrogens with two attached hydrogens (primary N) is 1. The highest BCUT2D eigenvalue weighted by molar-refractivity contribution is 7.98. The third-order valence-electron chi connectivity index (χ3n) is 3.70. The number of rotatable bonds is 4. The molecule has 0 unspecified atom stereocenters. The van der Waals surface area contributed by atoms with Gasteiger partial charge in [0.05, 0.1) is 17.0 Å². The number of fused-ring (bicyclic) bond motifs is 1. The van der Waals surface area contributed by atoms with Crippen molar-refractivity contribution in [2.24, 2.45) is 0 Å². The molecule has 0 aliphatic heterocycles. The van der Waals surface area contributed by atoms with Gasteiger partial charge in [-0.15, -0.1) is 5.10 Å². The topological polar surface area (TPSA) is 95.4 Å². The summed E-state index contributed by atoms with van der Waals surface area (Å²) in [6.07, 6.45) is 0. The molecule has 0 fully saturated rings. The summed E-state index contributed by atoms with van der Waals surface area (Å²) in [6, 6.07) is 15.7. The van der Waals surface area contributed by atoms with Crippen molar-refractivity contribution in [2.75, 3.05) is 5.73 Å². The maximum atomic E-state index is 6.04. The zero-order chi connectivity index (χ0) is 17.2. The number of hydrogen-bond donors (Lipinski definition) is 1. The van der Waals surface area contributed by atoms with E-state index < -0.39 is 0 Å². The van der Waals surface area contributed by atoms with Crippen molar-refractivity contribution in [3.63, 3.8) is 0 Å². The fraction of sp³-hybridized carbons (Fsp3) is 0.118. The number of hydrogen-bond acceptors (Lipinski definition) is 7. The zero-order valence-electron chi connectivity index (χ0n) is 13.5. The minimum atomic E-state index is 0.486. The lowest BCUT2D eigenvalue weighted by Gasteiger charge is -2.06. The Bertz CT molecular complexity index is 1040. The summed E-state index contributed by atoms with van der Waals surface area (Å²) in [5, 5.41) is 13.5. The van der Waals surface area contributed by atoms with E-state index in [-0.39, 0.29) is 0 Å². The van der Waals surface area contributed by atoms with Crippen LogP contribution in [0, 0.1) is 6.92 Å². The van der Waals surface area contributed by atoms with Crippen LogP contribution in [0.4, 0.5) is 5.82 Å². The molecule has 7 nitrogen and oxygen atoms in total. The Morgan fingerprint density at radius 2 is 1.96 bits per heavy atom. The smallest absolute Gasteiger partial charge is 0.214 e. The third kappa shape index (κ3) is 3.16. The monoisotopic (exact) mass is 349 g/mol. The Balaban J connectivity index is 1.60. The second kappa shape index (κ2) is 6.48. The van der Waals surface area contributed by atoms with Crippen molar-refractivity contribution < 1.29 is 0 Å². The molecule has 0 radical (unpaired) electrons. The summed E-state index contributed by atoms with van der Waals surface area (Å²) >= 11 is 1.47. The van der Waals surface area contributed by atoms with Crippen LogP contribution in [0.15, 0.2) is 53.7 Å². The van der Waals surface area contributed by atoms with E-state index >= 15 is 0 Å². The molecule has 0 saturated heterocycles. The van der Waals surface area contributed by atoms with Crippen LogP contribution in [0.25, 0.3) is 16.6 Å². The normalized spacial score (nSPS) is 11.1. The van der Waals surface area contributed by atoms with Crippen LogP contribution < -0.4 is 5.73 Å². The summed E-state index contributed by atoms with van der Waals surface area (Å²) in [4.78, 5) is 8.95. The van der Waals surface area contributed by atoms with Gasteiger partial charge in [-0.25, -0.2) is 9.97 Å². The molecule has 0 aliphatic rings. The standard InChI is InChI=1S/C17H15N7S/c1-11-5-4-6-12(9-11)24-17(21-22-23-24)25-10-15-19-14-8-3-2-7-13(14)16(18)20-15/h2-9H,10H2,1H3,(H2,18,19,20). The molecule has 4 rings (SSSR count). The molecule has 124 valence electrons. The van der Waals surface area contributed by atoms with E-state index in [1.165, 1.54) is 11.8 Å². The molecule has 0 atom stereocenters. The van der Waals surface area contributed by atoms with Crippen molar-refractivity contribution in [1.82, 2.24) is 30.2 Å². The summed E-state index contributed by atoms with van der Waals surface area (Å²) < 4.78 is 1.71. The first kappa shape index (κ1) is 15.5. The number of aryl methyl sites for hydroxylation is 1. The average Bonchev–Trinajstić information content (AvgIpc) is 3.09. The molecule has 4 aromatic rings. The van der Waals surface area contributed by atoms with Crippen LogP contribution in [0.5, 0.6) is 0 Å². The largest absolute Gasteiger partial charge is 0.383 e. The maximum absolute atomic E-state index is 6.04. The molecule has 0 aliphatic carbocycles. The number of tetrazole rings is 1. The summed E-state index contributed by atoms with van der Waals surface area (Å²) in [6.45, 7) is 2.03. The van der Waals surface area contributed by atoms with Crippen LogP contribution in [-0.2, 0) is 5.75 Å². The number of benzene rings is 2. The molecule has 8 heteroatoms. The molecular weight excluding hydrogens is 334 g/mol. The predicted molar refractivity (Wildman–Crippen MR) is 97.4 cm³/mol. The van der Waals surface area contributed by atoms with E-state index in [0.717, 1.165) is 22.2 Å². The highest BCUT2D eigenvalue weighted by Crippen LogP contribution is 2.24. The minimum Gasteiger partial charge on any atom is -0.383 e. The number of para-hydroxylation sites is 1. The van der Waals surface area contributed by atoms with Crippen LogP contribution in [0.2, 0.25) is 0 Å². The summed E-state index contributed by atoms with van der Waals surface area (Å²) in [5.41, 5.74) is 8.95. The number of nitrogens with zero attached hydrogens (tertiary/aromatic N) is 6. The molecular formula is C17H15N7S. The van der Waals surface area contributed by atoms with Gasteiger partial charge < -0.3 is 5.73 Å². The first-order valence-corrected chi connectivity index (χ1v) is 8.68. The first-order chi connectivity index (χ1) is 12.2.